The summed E-state index contributed by atoms with van der Waals surface area (Å²) in [4.78, 5) is 4.33. The molecule has 0 fully saturated rings. The summed E-state index contributed by atoms with van der Waals surface area (Å²) in [6.07, 6.45) is 1.78. The number of nitrogens with zero attached hydrogens (tertiary/aromatic N) is 1. The summed E-state index contributed by atoms with van der Waals surface area (Å²) < 4.78 is 19.2. The topological polar surface area (TPSA) is 45.7 Å². The maximum atomic E-state index is 13.5. The number of hydrogen-bond acceptors (Lipinski definition) is 4. The molecule has 0 bridgehead atoms. The standard InChI is InChI=1S/C14H20FN3O.HI/c1-2-11(10-18-14-16-8-5-9-17-14)19-13-7-4-3-6-12(13)15;/h3-4,6-7,11H,2,5,8-10H2,1H3,(H2,16,17,18);1H. The van der Waals surface area contributed by atoms with Crippen LogP contribution in [0.5, 0.6) is 5.75 Å². The predicted molar refractivity (Wildman–Crippen MR) is 89.4 cm³/mol. The number of aliphatic imine (C=N–C) groups is 1. The second-order valence-corrected chi connectivity index (χ2v) is 4.47. The van der Waals surface area contributed by atoms with Crippen LogP contribution in [-0.2, 0) is 0 Å². The Labute approximate surface area is 136 Å². The van der Waals surface area contributed by atoms with Crippen molar-refractivity contribution in [3.63, 3.8) is 0 Å². The molecule has 112 valence electrons. The summed E-state index contributed by atoms with van der Waals surface area (Å²) in [5, 5.41) is 6.39. The molecule has 0 spiro atoms. The Bertz CT molecular complexity index is 442. The molecule has 1 atom stereocenters. The quantitative estimate of drug-likeness (QED) is 0.756. The number of ether oxygens (including phenoxy) is 1. The summed E-state index contributed by atoms with van der Waals surface area (Å²) in [7, 11) is 0. The highest BCUT2D eigenvalue weighted by molar-refractivity contribution is 14.0. The first kappa shape index (κ1) is 17.0. The molecular formula is C14H21FIN3O. The van der Waals surface area contributed by atoms with Crippen LogP contribution in [0.25, 0.3) is 0 Å². The van der Waals surface area contributed by atoms with Crippen molar-refractivity contribution in [2.75, 3.05) is 19.6 Å². The Morgan fingerprint density at radius 2 is 2.25 bits per heavy atom. The lowest BCUT2D eigenvalue weighted by molar-refractivity contribution is 0.191. The number of guanidine groups is 1. The van der Waals surface area contributed by atoms with E-state index in [1.807, 2.05) is 6.92 Å². The molecule has 0 amide bonds. The Hall–Kier alpha value is -1.05. The van der Waals surface area contributed by atoms with Gasteiger partial charge in [0, 0.05) is 13.1 Å². The maximum Gasteiger partial charge on any atom is 0.191 e. The van der Waals surface area contributed by atoms with E-state index in [9.17, 15) is 4.39 Å². The van der Waals surface area contributed by atoms with Gasteiger partial charge in [0.15, 0.2) is 17.5 Å². The third-order valence-electron chi connectivity index (χ3n) is 2.98. The molecule has 4 nitrogen and oxygen atoms in total. The molecule has 1 unspecified atom stereocenters. The molecule has 2 rings (SSSR count). The van der Waals surface area contributed by atoms with Crippen LogP contribution in [0.2, 0.25) is 0 Å². The summed E-state index contributed by atoms with van der Waals surface area (Å²) in [5.74, 6) is 0.783. The zero-order valence-electron chi connectivity index (χ0n) is 11.6. The molecule has 0 aliphatic carbocycles. The highest BCUT2D eigenvalue weighted by Crippen LogP contribution is 2.17. The van der Waals surface area contributed by atoms with Crippen molar-refractivity contribution >= 4 is 29.9 Å². The normalized spacial score (nSPS) is 15.4. The molecule has 1 aliphatic heterocycles. The lowest BCUT2D eigenvalue weighted by Gasteiger charge is -2.21. The van der Waals surface area contributed by atoms with Crippen LogP contribution < -0.4 is 15.4 Å². The zero-order valence-corrected chi connectivity index (χ0v) is 13.9. The van der Waals surface area contributed by atoms with E-state index in [-0.39, 0.29) is 35.9 Å². The van der Waals surface area contributed by atoms with Gasteiger partial charge in [-0.15, -0.1) is 24.0 Å². The van der Waals surface area contributed by atoms with E-state index in [2.05, 4.69) is 15.6 Å². The molecule has 0 radical (unpaired) electrons. The minimum atomic E-state index is -0.325. The van der Waals surface area contributed by atoms with Gasteiger partial charge in [-0.2, -0.15) is 0 Å². The van der Waals surface area contributed by atoms with E-state index >= 15 is 0 Å². The van der Waals surface area contributed by atoms with Crippen molar-refractivity contribution in [2.45, 2.75) is 25.9 Å². The second-order valence-electron chi connectivity index (χ2n) is 4.47. The fourth-order valence-corrected chi connectivity index (χ4v) is 1.85. The summed E-state index contributed by atoms with van der Waals surface area (Å²) in [6.45, 7) is 4.41. The number of para-hydroxylation sites is 1. The van der Waals surface area contributed by atoms with Gasteiger partial charge in [0.2, 0.25) is 0 Å². The van der Waals surface area contributed by atoms with Gasteiger partial charge in [-0.1, -0.05) is 19.1 Å². The first-order valence-corrected chi connectivity index (χ1v) is 6.73. The van der Waals surface area contributed by atoms with Crippen molar-refractivity contribution in [3.8, 4) is 5.75 Å². The van der Waals surface area contributed by atoms with E-state index in [4.69, 9.17) is 4.74 Å². The molecule has 1 aromatic carbocycles. The summed E-state index contributed by atoms with van der Waals surface area (Å²) >= 11 is 0. The van der Waals surface area contributed by atoms with Crippen LogP contribution in [-0.4, -0.2) is 31.7 Å². The summed E-state index contributed by atoms with van der Waals surface area (Å²) in [5.41, 5.74) is 0. The van der Waals surface area contributed by atoms with Crippen molar-refractivity contribution in [2.24, 2.45) is 4.99 Å². The molecule has 0 aromatic heterocycles. The van der Waals surface area contributed by atoms with E-state index in [1.165, 1.54) is 6.07 Å². The van der Waals surface area contributed by atoms with Gasteiger partial charge in [-0.3, -0.25) is 4.99 Å². The average molecular weight is 393 g/mol. The molecule has 1 aliphatic rings. The monoisotopic (exact) mass is 393 g/mol. The van der Waals surface area contributed by atoms with E-state index < -0.39 is 0 Å². The van der Waals surface area contributed by atoms with Crippen LogP contribution in [0.3, 0.4) is 0 Å². The fraction of sp³-hybridized carbons (Fsp3) is 0.500. The number of nitrogens with one attached hydrogen (secondary N) is 2. The Morgan fingerprint density at radius 1 is 1.45 bits per heavy atom. The van der Waals surface area contributed by atoms with E-state index in [0.29, 0.717) is 12.3 Å². The van der Waals surface area contributed by atoms with Crippen LogP contribution in [0.15, 0.2) is 29.3 Å². The predicted octanol–water partition coefficient (Wildman–Crippen LogP) is 2.54. The zero-order chi connectivity index (χ0) is 13.5. The van der Waals surface area contributed by atoms with Crippen LogP contribution in [0.1, 0.15) is 19.8 Å². The summed E-state index contributed by atoms with van der Waals surface area (Å²) in [6, 6.07) is 6.48. The first-order valence-electron chi connectivity index (χ1n) is 6.73. The Morgan fingerprint density at radius 3 is 2.90 bits per heavy atom. The van der Waals surface area contributed by atoms with Gasteiger partial charge in [-0.25, -0.2) is 4.39 Å². The largest absolute Gasteiger partial charge is 0.486 e. The molecule has 20 heavy (non-hydrogen) atoms. The third-order valence-corrected chi connectivity index (χ3v) is 2.98. The first-order chi connectivity index (χ1) is 9.29. The van der Waals surface area contributed by atoms with Crippen LogP contribution in [0.4, 0.5) is 4.39 Å². The smallest absolute Gasteiger partial charge is 0.191 e. The molecule has 1 aromatic rings. The van der Waals surface area contributed by atoms with Crippen molar-refractivity contribution in [3.05, 3.63) is 30.1 Å². The van der Waals surface area contributed by atoms with Crippen molar-refractivity contribution in [1.82, 2.24) is 10.6 Å². The number of benzene rings is 1. The lowest BCUT2D eigenvalue weighted by atomic mass is 10.2. The lowest BCUT2D eigenvalue weighted by Crippen LogP contribution is -2.44. The SMILES string of the molecule is CCC(CNC1=NCCCN1)Oc1ccccc1F.I. The average Bonchev–Trinajstić information content (AvgIpc) is 2.46. The highest BCUT2D eigenvalue weighted by atomic mass is 127. The van der Waals surface area contributed by atoms with Crippen molar-refractivity contribution in [1.29, 1.82) is 0 Å². The van der Waals surface area contributed by atoms with Gasteiger partial charge in [0.25, 0.3) is 0 Å². The third kappa shape index (κ3) is 5.15. The van der Waals surface area contributed by atoms with Crippen LogP contribution >= 0.6 is 24.0 Å². The Kier molecular flexibility index (Phi) is 7.64. The molecule has 0 saturated heterocycles. The van der Waals surface area contributed by atoms with Crippen molar-refractivity contribution < 1.29 is 9.13 Å². The number of halogens is 2. The fourth-order valence-electron chi connectivity index (χ4n) is 1.85. The number of rotatable bonds is 5. The molecule has 6 heteroatoms. The van der Waals surface area contributed by atoms with Gasteiger partial charge < -0.3 is 15.4 Å². The molecule has 1 heterocycles. The van der Waals surface area contributed by atoms with Gasteiger partial charge in [0.1, 0.15) is 6.10 Å². The van der Waals surface area contributed by atoms with E-state index in [1.54, 1.807) is 18.2 Å². The van der Waals surface area contributed by atoms with Gasteiger partial charge >= 0.3 is 0 Å². The minimum absolute atomic E-state index is 0. The van der Waals surface area contributed by atoms with E-state index in [0.717, 1.165) is 31.9 Å². The number of hydrogen-bond donors (Lipinski definition) is 2. The van der Waals surface area contributed by atoms with Crippen LogP contribution in [0, 0.1) is 5.82 Å². The molecular weight excluding hydrogens is 372 g/mol. The molecule has 2 N–H and O–H groups in total. The van der Waals surface area contributed by atoms with Gasteiger partial charge in [0.05, 0.1) is 6.54 Å². The Balaban J connectivity index is 0.00000200. The van der Waals surface area contributed by atoms with Gasteiger partial charge in [-0.05, 0) is 25.0 Å². The minimum Gasteiger partial charge on any atom is -0.486 e. The highest BCUT2D eigenvalue weighted by Gasteiger charge is 2.12. The molecule has 0 saturated carbocycles. The second kappa shape index (κ2) is 8.99. The maximum absolute atomic E-state index is 13.5.